The van der Waals surface area contributed by atoms with Gasteiger partial charge in [-0.05, 0) is 44.9 Å². The summed E-state index contributed by atoms with van der Waals surface area (Å²) in [7, 11) is 2.03. The second-order valence-corrected chi connectivity index (χ2v) is 10.0. The molecule has 1 saturated carbocycles. The molecule has 0 aromatic carbocycles. The third kappa shape index (κ3) is 4.05. The first kappa shape index (κ1) is 20.5. The predicted octanol–water partition coefficient (Wildman–Crippen LogP) is 2.85. The van der Waals surface area contributed by atoms with Crippen LogP contribution in [0.1, 0.15) is 79.5 Å². The Kier molecular flexibility index (Phi) is 6.15. The van der Waals surface area contributed by atoms with Crippen LogP contribution in [0.4, 0.5) is 0 Å². The van der Waals surface area contributed by atoms with Gasteiger partial charge in [0.2, 0.25) is 0 Å². The number of rotatable bonds is 3. The average molecular weight is 414 g/mol. The van der Waals surface area contributed by atoms with Gasteiger partial charge in [-0.25, -0.2) is 0 Å². The van der Waals surface area contributed by atoms with Crippen LogP contribution in [-0.2, 0) is 19.9 Å². The van der Waals surface area contributed by atoms with Crippen LogP contribution in [0.2, 0.25) is 0 Å². The van der Waals surface area contributed by atoms with Gasteiger partial charge < -0.3 is 4.90 Å². The van der Waals surface area contributed by atoms with Crippen LogP contribution in [0.3, 0.4) is 0 Å². The van der Waals surface area contributed by atoms with Crippen LogP contribution in [0, 0.1) is 0 Å². The normalized spacial score (nSPS) is 27.2. The number of carbonyl (C=O) groups excluding carboxylic acids is 1. The molecule has 1 aromatic rings. The van der Waals surface area contributed by atoms with Crippen LogP contribution in [0.5, 0.6) is 0 Å². The molecule has 4 aliphatic rings. The van der Waals surface area contributed by atoms with Crippen molar-refractivity contribution < 1.29 is 4.79 Å². The van der Waals surface area contributed by atoms with Gasteiger partial charge in [0, 0.05) is 69.7 Å². The molecule has 0 spiro atoms. The molecule has 0 radical (unpaired) electrons. The molecule has 30 heavy (non-hydrogen) atoms. The summed E-state index contributed by atoms with van der Waals surface area (Å²) in [5.41, 5.74) is 3.30. The van der Waals surface area contributed by atoms with Gasteiger partial charge in [0.1, 0.15) is 0 Å². The van der Waals surface area contributed by atoms with E-state index in [-0.39, 0.29) is 5.91 Å². The minimum absolute atomic E-state index is 0.181. The number of piperazine rings is 1. The number of likely N-dealkylation sites (tertiary alicyclic amines) is 1. The minimum Gasteiger partial charge on any atom is -0.337 e. The number of fused-ring (bicyclic) bond motifs is 1. The largest absolute Gasteiger partial charge is 0.337 e. The van der Waals surface area contributed by atoms with E-state index in [2.05, 4.69) is 14.7 Å². The lowest BCUT2D eigenvalue weighted by atomic mass is 9.89. The molecule has 6 nitrogen and oxygen atoms in total. The lowest BCUT2D eigenvalue weighted by Gasteiger charge is -2.42. The van der Waals surface area contributed by atoms with Crippen LogP contribution in [0.25, 0.3) is 0 Å². The Labute approximate surface area is 181 Å². The topological polar surface area (TPSA) is 44.6 Å². The Morgan fingerprint density at radius 3 is 2.10 bits per heavy atom. The highest BCUT2D eigenvalue weighted by Crippen LogP contribution is 2.30. The van der Waals surface area contributed by atoms with E-state index >= 15 is 0 Å². The highest BCUT2D eigenvalue weighted by atomic mass is 16.2. The van der Waals surface area contributed by atoms with E-state index in [1.807, 2.05) is 11.7 Å². The van der Waals surface area contributed by atoms with E-state index < -0.39 is 0 Å². The van der Waals surface area contributed by atoms with Crippen molar-refractivity contribution in [2.75, 3.05) is 39.3 Å². The first-order valence-electron chi connectivity index (χ1n) is 12.5. The summed E-state index contributed by atoms with van der Waals surface area (Å²) in [4.78, 5) is 20.9. The standard InChI is InChI=1S/C24H39N5O/c1-26-22-11-10-20(28-16-14-27(15-17-28)19-8-4-5-9-19)18-21(22)23(25-26)24(30)29-12-6-2-3-7-13-29/h19-20H,2-18H2,1H3. The maximum Gasteiger partial charge on any atom is 0.274 e. The molecule has 1 atom stereocenters. The van der Waals surface area contributed by atoms with Crippen LogP contribution in [-0.4, -0.2) is 81.7 Å². The van der Waals surface area contributed by atoms with Crippen molar-refractivity contribution in [1.29, 1.82) is 0 Å². The van der Waals surface area contributed by atoms with Gasteiger partial charge in [0.25, 0.3) is 5.91 Å². The van der Waals surface area contributed by atoms with Gasteiger partial charge in [-0.2, -0.15) is 5.10 Å². The van der Waals surface area contributed by atoms with Crippen molar-refractivity contribution >= 4 is 5.91 Å². The first-order valence-corrected chi connectivity index (χ1v) is 12.5. The quantitative estimate of drug-likeness (QED) is 0.764. The fourth-order valence-corrected chi connectivity index (χ4v) is 6.42. The van der Waals surface area contributed by atoms with Crippen molar-refractivity contribution in [3.63, 3.8) is 0 Å². The van der Waals surface area contributed by atoms with Crippen molar-refractivity contribution in [2.24, 2.45) is 7.05 Å². The molecule has 1 amide bonds. The number of carbonyl (C=O) groups is 1. The van der Waals surface area contributed by atoms with Crippen molar-refractivity contribution in [3.8, 4) is 0 Å². The molecule has 2 saturated heterocycles. The van der Waals surface area contributed by atoms with Crippen molar-refractivity contribution in [1.82, 2.24) is 24.5 Å². The number of amides is 1. The number of hydrogen-bond donors (Lipinski definition) is 0. The summed E-state index contributed by atoms with van der Waals surface area (Å²) in [6, 6.07) is 1.42. The Morgan fingerprint density at radius 2 is 1.43 bits per heavy atom. The van der Waals surface area contributed by atoms with Gasteiger partial charge in [-0.3, -0.25) is 19.3 Å². The van der Waals surface area contributed by atoms with E-state index in [1.165, 1.54) is 82.4 Å². The molecule has 3 fully saturated rings. The van der Waals surface area contributed by atoms with Crippen molar-refractivity contribution in [3.05, 3.63) is 17.0 Å². The van der Waals surface area contributed by atoms with Crippen LogP contribution in [0.15, 0.2) is 0 Å². The predicted molar refractivity (Wildman–Crippen MR) is 119 cm³/mol. The molecule has 2 aliphatic heterocycles. The number of aryl methyl sites for hydroxylation is 1. The summed E-state index contributed by atoms with van der Waals surface area (Å²) in [6.07, 6.45) is 13.7. The molecule has 3 heterocycles. The SMILES string of the molecule is Cn1nc(C(=O)N2CCCCCC2)c2c1CCC(N1CCN(C3CCCC3)CC1)C2. The molecular formula is C24H39N5O. The molecular weight excluding hydrogens is 374 g/mol. The summed E-state index contributed by atoms with van der Waals surface area (Å²) in [5.74, 6) is 0.181. The molecule has 166 valence electrons. The Bertz CT molecular complexity index is 737. The zero-order valence-corrected chi connectivity index (χ0v) is 18.8. The lowest BCUT2D eigenvalue weighted by molar-refractivity contribution is 0.0650. The van der Waals surface area contributed by atoms with Gasteiger partial charge in [0.05, 0.1) is 0 Å². The number of nitrogens with zero attached hydrogens (tertiary/aromatic N) is 5. The van der Waals surface area contributed by atoms with Crippen LogP contribution < -0.4 is 0 Å². The minimum atomic E-state index is 0.181. The van der Waals surface area contributed by atoms with E-state index in [0.29, 0.717) is 6.04 Å². The third-order valence-corrected chi connectivity index (χ3v) is 8.23. The average Bonchev–Trinajstić information content (AvgIpc) is 3.34. The highest BCUT2D eigenvalue weighted by molar-refractivity contribution is 5.94. The van der Waals surface area contributed by atoms with Crippen molar-refractivity contribution in [2.45, 2.75) is 82.7 Å². The molecule has 1 aromatic heterocycles. The zero-order valence-electron chi connectivity index (χ0n) is 18.8. The molecule has 5 rings (SSSR count). The smallest absolute Gasteiger partial charge is 0.274 e. The number of hydrogen-bond acceptors (Lipinski definition) is 4. The molecule has 0 N–H and O–H groups in total. The molecule has 0 bridgehead atoms. The van der Waals surface area contributed by atoms with Gasteiger partial charge >= 0.3 is 0 Å². The summed E-state index contributed by atoms with van der Waals surface area (Å²) >= 11 is 0. The first-order chi connectivity index (χ1) is 14.7. The second-order valence-electron chi connectivity index (χ2n) is 10.0. The Balaban J connectivity index is 1.26. The molecule has 2 aliphatic carbocycles. The summed E-state index contributed by atoms with van der Waals surface area (Å²) < 4.78 is 1.99. The highest BCUT2D eigenvalue weighted by Gasteiger charge is 2.34. The monoisotopic (exact) mass is 413 g/mol. The number of aromatic nitrogens is 2. The third-order valence-electron chi connectivity index (χ3n) is 8.23. The van der Waals surface area contributed by atoms with E-state index in [1.54, 1.807) is 0 Å². The van der Waals surface area contributed by atoms with E-state index in [9.17, 15) is 4.79 Å². The van der Waals surface area contributed by atoms with Gasteiger partial charge in [0.15, 0.2) is 5.69 Å². The zero-order chi connectivity index (χ0) is 20.5. The van der Waals surface area contributed by atoms with Crippen LogP contribution >= 0.6 is 0 Å². The fourth-order valence-electron chi connectivity index (χ4n) is 6.42. The maximum atomic E-state index is 13.3. The summed E-state index contributed by atoms with van der Waals surface area (Å²) in [6.45, 7) is 6.62. The Hall–Kier alpha value is -1.40. The second kappa shape index (κ2) is 8.99. The van der Waals surface area contributed by atoms with E-state index in [0.717, 1.165) is 50.5 Å². The van der Waals surface area contributed by atoms with Gasteiger partial charge in [-0.15, -0.1) is 0 Å². The van der Waals surface area contributed by atoms with Gasteiger partial charge in [-0.1, -0.05) is 25.7 Å². The lowest BCUT2D eigenvalue weighted by Crippen LogP contribution is -2.53. The molecule has 6 heteroatoms. The Morgan fingerprint density at radius 1 is 0.800 bits per heavy atom. The molecule has 1 unspecified atom stereocenters. The fraction of sp³-hybridized carbons (Fsp3) is 0.833. The van der Waals surface area contributed by atoms with E-state index in [4.69, 9.17) is 5.10 Å². The maximum absolute atomic E-state index is 13.3. The summed E-state index contributed by atoms with van der Waals surface area (Å²) in [5, 5.41) is 4.74.